The average Bonchev–Trinajstić information content (AvgIpc) is 3.13. The second-order valence-electron chi connectivity index (χ2n) is 7.16. The summed E-state index contributed by atoms with van der Waals surface area (Å²) in [4.78, 5) is 11.6. The molecule has 0 spiro atoms. The van der Waals surface area contributed by atoms with Crippen molar-refractivity contribution < 1.29 is 4.74 Å². The summed E-state index contributed by atoms with van der Waals surface area (Å²) in [5.74, 6) is 1.26. The van der Waals surface area contributed by atoms with Gasteiger partial charge in [-0.05, 0) is 25.8 Å². The van der Waals surface area contributed by atoms with Gasteiger partial charge in [0, 0.05) is 36.6 Å². The number of hydrogen-bond acceptors (Lipinski definition) is 5. The summed E-state index contributed by atoms with van der Waals surface area (Å²) in [7, 11) is 1.60. The Bertz CT molecular complexity index is 991. The highest BCUT2D eigenvalue weighted by Crippen LogP contribution is 2.41. The van der Waals surface area contributed by atoms with Crippen LogP contribution < -0.4 is 15.4 Å². The molecule has 6 nitrogen and oxygen atoms in total. The van der Waals surface area contributed by atoms with Crippen molar-refractivity contribution in [1.29, 1.82) is 0 Å². The van der Waals surface area contributed by atoms with Crippen molar-refractivity contribution in [1.82, 2.24) is 14.4 Å². The van der Waals surface area contributed by atoms with E-state index in [4.69, 9.17) is 38.7 Å². The molecule has 0 atom stereocenters. The molecule has 0 amide bonds. The molecule has 1 aliphatic rings. The second kappa shape index (κ2) is 6.86. The van der Waals surface area contributed by atoms with E-state index in [1.807, 2.05) is 22.7 Å². The smallest absolute Gasteiger partial charge is 0.228 e. The summed E-state index contributed by atoms with van der Waals surface area (Å²) in [6, 6.07) is 5.49. The van der Waals surface area contributed by atoms with Crippen molar-refractivity contribution in [3.63, 3.8) is 0 Å². The third-order valence-electron chi connectivity index (χ3n) is 5.10. The SMILES string of the molecule is COc1nc(N2CCC(C)(N)CC2)n2ccnc2c1-c1cccc(Cl)c1Cl. The Labute approximate surface area is 167 Å². The van der Waals surface area contributed by atoms with Crippen molar-refractivity contribution in [2.75, 3.05) is 25.1 Å². The Hall–Kier alpha value is -2.02. The van der Waals surface area contributed by atoms with Gasteiger partial charge in [-0.25, -0.2) is 4.98 Å². The molecule has 27 heavy (non-hydrogen) atoms. The van der Waals surface area contributed by atoms with Crippen LogP contribution in [0.25, 0.3) is 16.8 Å². The molecule has 3 heterocycles. The lowest BCUT2D eigenvalue weighted by atomic mass is 9.91. The van der Waals surface area contributed by atoms with Crippen LogP contribution in [0.1, 0.15) is 19.8 Å². The molecule has 0 aliphatic carbocycles. The normalized spacial score (nSPS) is 16.7. The summed E-state index contributed by atoms with van der Waals surface area (Å²) in [6.45, 7) is 3.75. The van der Waals surface area contributed by atoms with Crippen LogP contribution in [0.4, 0.5) is 5.95 Å². The van der Waals surface area contributed by atoms with Crippen LogP contribution in [0.15, 0.2) is 30.6 Å². The molecule has 0 bridgehead atoms. The van der Waals surface area contributed by atoms with Gasteiger partial charge < -0.3 is 15.4 Å². The van der Waals surface area contributed by atoms with E-state index >= 15 is 0 Å². The molecule has 2 N–H and O–H groups in total. The minimum atomic E-state index is -0.136. The molecule has 4 rings (SSSR count). The van der Waals surface area contributed by atoms with Crippen LogP contribution >= 0.6 is 23.2 Å². The van der Waals surface area contributed by atoms with E-state index in [1.165, 1.54) is 0 Å². The zero-order valence-corrected chi connectivity index (χ0v) is 16.8. The molecule has 1 fully saturated rings. The van der Waals surface area contributed by atoms with Crippen LogP contribution in [0.2, 0.25) is 10.0 Å². The van der Waals surface area contributed by atoms with Crippen molar-refractivity contribution in [2.45, 2.75) is 25.3 Å². The van der Waals surface area contributed by atoms with Crippen LogP contribution in [-0.4, -0.2) is 40.1 Å². The predicted molar refractivity (Wildman–Crippen MR) is 109 cm³/mol. The number of rotatable bonds is 3. The summed E-state index contributed by atoms with van der Waals surface area (Å²) in [6.07, 6.45) is 5.44. The average molecular weight is 406 g/mol. The van der Waals surface area contributed by atoms with Crippen LogP contribution in [0, 0.1) is 0 Å². The molecule has 3 aromatic rings. The van der Waals surface area contributed by atoms with E-state index in [9.17, 15) is 0 Å². The Morgan fingerprint density at radius 1 is 1.22 bits per heavy atom. The van der Waals surface area contributed by atoms with Gasteiger partial charge in [0.25, 0.3) is 0 Å². The molecule has 142 valence electrons. The number of fused-ring (bicyclic) bond motifs is 1. The molecule has 0 unspecified atom stereocenters. The molecular formula is C19H21Cl2N5O. The first-order valence-corrected chi connectivity index (χ1v) is 9.56. The molecule has 8 heteroatoms. The fraction of sp³-hybridized carbons (Fsp3) is 0.368. The fourth-order valence-electron chi connectivity index (χ4n) is 3.47. The molecule has 1 saturated heterocycles. The predicted octanol–water partition coefficient (Wildman–Crippen LogP) is 4.03. The van der Waals surface area contributed by atoms with Gasteiger partial charge in [0.2, 0.25) is 11.8 Å². The Balaban J connectivity index is 1.89. The third-order valence-corrected chi connectivity index (χ3v) is 5.92. The van der Waals surface area contributed by atoms with E-state index in [1.54, 1.807) is 19.4 Å². The van der Waals surface area contributed by atoms with Gasteiger partial charge in [-0.15, -0.1) is 0 Å². The van der Waals surface area contributed by atoms with E-state index in [0.29, 0.717) is 15.9 Å². The van der Waals surface area contributed by atoms with E-state index in [0.717, 1.165) is 48.7 Å². The lowest BCUT2D eigenvalue weighted by Crippen LogP contribution is -2.48. The Morgan fingerprint density at radius 3 is 2.67 bits per heavy atom. The van der Waals surface area contributed by atoms with Gasteiger partial charge in [-0.1, -0.05) is 35.3 Å². The zero-order chi connectivity index (χ0) is 19.2. The first kappa shape index (κ1) is 18.3. The highest BCUT2D eigenvalue weighted by molar-refractivity contribution is 6.43. The van der Waals surface area contributed by atoms with Crippen LogP contribution in [0.5, 0.6) is 5.88 Å². The van der Waals surface area contributed by atoms with E-state index in [-0.39, 0.29) is 5.54 Å². The van der Waals surface area contributed by atoms with E-state index in [2.05, 4.69) is 16.8 Å². The number of nitrogens with zero attached hydrogens (tertiary/aromatic N) is 4. The Kier molecular flexibility index (Phi) is 4.66. The van der Waals surface area contributed by atoms with Crippen LogP contribution in [0.3, 0.4) is 0 Å². The van der Waals surface area contributed by atoms with Gasteiger partial charge in [0.1, 0.15) is 0 Å². The summed E-state index contributed by atoms with van der Waals surface area (Å²) in [5.41, 5.74) is 8.33. The third kappa shape index (κ3) is 3.22. The number of halogens is 2. The first-order chi connectivity index (χ1) is 12.9. The quantitative estimate of drug-likeness (QED) is 0.712. The van der Waals surface area contributed by atoms with Gasteiger partial charge in [0.15, 0.2) is 5.65 Å². The number of methoxy groups -OCH3 is 1. The number of aromatic nitrogens is 3. The summed E-state index contributed by atoms with van der Waals surface area (Å²) in [5, 5.41) is 0.928. The largest absolute Gasteiger partial charge is 0.480 e. The van der Waals surface area contributed by atoms with Crippen molar-refractivity contribution in [3.05, 3.63) is 40.6 Å². The highest BCUT2D eigenvalue weighted by atomic mass is 35.5. The molecule has 2 aromatic heterocycles. The van der Waals surface area contributed by atoms with Gasteiger partial charge in [-0.3, -0.25) is 4.40 Å². The highest BCUT2D eigenvalue weighted by Gasteiger charge is 2.29. The number of hydrogen-bond donors (Lipinski definition) is 1. The molecule has 1 aliphatic heterocycles. The lowest BCUT2D eigenvalue weighted by Gasteiger charge is -2.37. The number of piperidine rings is 1. The van der Waals surface area contributed by atoms with Gasteiger partial charge >= 0.3 is 0 Å². The van der Waals surface area contributed by atoms with Gasteiger partial charge in [-0.2, -0.15) is 4.98 Å². The molecular weight excluding hydrogens is 385 g/mol. The number of benzene rings is 1. The maximum Gasteiger partial charge on any atom is 0.228 e. The van der Waals surface area contributed by atoms with Crippen LogP contribution in [-0.2, 0) is 0 Å². The van der Waals surface area contributed by atoms with Crippen molar-refractivity contribution in [2.24, 2.45) is 5.73 Å². The lowest BCUT2D eigenvalue weighted by molar-refractivity contribution is 0.359. The number of imidazole rings is 1. The fourth-order valence-corrected chi connectivity index (χ4v) is 3.86. The first-order valence-electron chi connectivity index (χ1n) is 8.80. The van der Waals surface area contributed by atoms with Gasteiger partial charge in [0.05, 0.1) is 22.7 Å². The van der Waals surface area contributed by atoms with Crippen molar-refractivity contribution in [3.8, 4) is 17.0 Å². The monoisotopic (exact) mass is 405 g/mol. The zero-order valence-electron chi connectivity index (χ0n) is 15.2. The summed E-state index contributed by atoms with van der Waals surface area (Å²) < 4.78 is 7.59. The van der Waals surface area contributed by atoms with E-state index < -0.39 is 0 Å². The minimum absolute atomic E-state index is 0.136. The summed E-state index contributed by atoms with van der Waals surface area (Å²) >= 11 is 12.7. The molecule has 0 saturated carbocycles. The number of ether oxygens (including phenoxy) is 1. The number of nitrogens with two attached hydrogens (primary N) is 1. The topological polar surface area (TPSA) is 68.7 Å². The minimum Gasteiger partial charge on any atom is -0.480 e. The molecule has 0 radical (unpaired) electrons. The number of anilines is 1. The maximum absolute atomic E-state index is 6.47. The standard InChI is InChI=1S/C19H21Cl2N5O/c1-19(22)6-9-25(10-7-19)18-24-17(27-2)14(16-23-8-11-26(16)18)12-4-3-5-13(20)15(12)21/h3-5,8,11H,6-7,9-10,22H2,1-2H3. The molecule has 1 aromatic carbocycles. The Morgan fingerprint density at radius 2 is 1.96 bits per heavy atom. The van der Waals surface area contributed by atoms with Crippen molar-refractivity contribution >= 4 is 34.8 Å². The second-order valence-corrected chi connectivity index (χ2v) is 7.94. The maximum atomic E-state index is 6.47.